The average Bonchev–Trinajstić information content (AvgIpc) is 1.47. The Kier molecular flexibility index (Phi) is 21.7. The quantitative estimate of drug-likeness (QED) is 0.0345. The maximum Gasteiger partial charge on any atom is 0.345 e. The van der Waals surface area contributed by atoms with Gasteiger partial charge in [-0.15, -0.1) is 11.8 Å². The lowest BCUT2D eigenvalue weighted by Crippen LogP contribution is -2.43. The van der Waals surface area contributed by atoms with E-state index in [1.54, 1.807) is 0 Å². The number of hydrogen-bond acceptors (Lipinski definition) is 19. The Bertz CT molecular complexity index is 3910. The molecular weight excluding hydrogens is 1220 g/mol. The molecule has 93 heavy (non-hydrogen) atoms. The first-order chi connectivity index (χ1) is 45.0. The van der Waals surface area contributed by atoms with Crippen molar-refractivity contribution >= 4 is 93.5 Å². The molecule has 7 aliphatic carbocycles. The number of carbonyl (C=O) groups excluding carboxylic acids is 9. The van der Waals surface area contributed by atoms with Gasteiger partial charge in [0.15, 0.2) is 11.1 Å². The number of ether oxygens (including phenoxy) is 8. The van der Waals surface area contributed by atoms with Crippen LogP contribution in [0.3, 0.4) is 0 Å². The summed E-state index contributed by atoms with van der Waals surface area (Å²) in [5.41, 5.74) is 8.77. The van der Waals surface area contributed by atoms with E-state index < -0.39 is 59.6 Å². The van der Waals surface area contributed by atoms with Crippen LogP contribution in [0.5, 0.6) is 0 Å². The number of thiocarbonyl (C=S) groups is 1. The average molecular weight is 1290 g/mol. The smallest absolute Gasteiger partial charge is 0.345 e. The number of thioether (sulfide) groups is 1. The third-order valence-corrected chi connectivity index (χ3v) is 18.6. The lowest BCUT2D eigenvalue weighted by molar-refractivity contribution is -0.146. The first-order valence-corrected chi connectivity index (χ1v) is 30.6. The molecule has 17 nitrogen and oxygen atoms in total. The molecule has 0 amide bonds. The van der Waals surface area contributed by atoms with Gasteiger partial charge in [-0.2, -0.15) is 0 Å². The highest BCUT2D eigenvalue weighted by Gasteiger charge is 2.48. The van der Waals surface area contributed by atoms with Gasteiger partial charge in [0.1, 0.15) is 16.9 Å². The SMILES string of the molecule is COC(=O)C(C(=O)OC)=C1C2C=CC=CC2C(=O)C2C=CC=CC12.COC(=O)C(C(=O)OC)=C1C2C=CC=CC2SC2C=CC=CC12.COC(=O)C(C(=O)OC)=C1c2ccccc2-c2ccccc21.COC(=O)C(C(=O)OC)=C1c2ccccc2C(=S)c2ccccc21. The fraction of sp³-hybridized carbons (Fsp3) is 0.216. The van der Waals surface area contributed by atoms with Crippen molar-refractivity contribution < 1.29 is 81.0 Å². The molecule has 474 valence electrons. The fourth-order valence-corrected chi connectivity index (χ4v) is 14.4. The molecule has 1 heterocycles. The van der Waals surface area contributed by atoms with Gasteiger partial charge in [-0.3, -0.25) is 4.79 Å². The molecule has 0 N–H and O–H groups in total. The fourth-order valence-electron chi connectivity index (χ4n) is 12.5. The van der Waals surface area contributed by atoms with Crippen molar-refractivity contribution in [1.82, 2.24) is 0 Å². The van der Waals surface area contributed by atoms with E-state index in [-0.39, 0.29) is 62.2 Å². The first-order valence-electron chi connectivity index (χ1n) is 29.2. The zero-order valence-corrected chi connectivity index (χ0v) is 53.5. The van der Waals surface area contributed by atoms with Crippen molar-refractivity contribution in [3.63, 3.8) is 0 Å². The van der Waals surface area contributed by atoms with Crippen LogP contribution in [-0.2, 0) is 81.0 Å². The predicted octanol–water partition coefficient (Wildman–Crippen LogP) is 10.3. The summed E-state index contributed by atoms with van der Waals surface area (Å²) < 4.78 is 38.5. The van der Waals surface area contributed by atoms with E-state index in [2.05, 4.69) is 12.2 Å². The van der Waals surface area contributed by atoms with Crippen LogP contribution in [0.4, 0.5) is 0 Å². The maximum absolute atomic E-state index is 12.8. The standard InChI is InChI=1S/C19H18O5.C19H14O4S.C18H18O4S.C18H14O4/c1-23-18(21)16(19(22)24-2)15-11-7-3-5-9-13(11)17(20)14-10-6-4-8-12(14)15;1-22-18(20)16(19(21)23-2)15-11-7-3-5-9-13(11)17(24)14-10-6-4-8-12(14)15;1-21-17(19)16(18(20)22-2)15-11-7-3-5-9-13(11)23-14-10-6-4-8-12(14)15;1-21-17(19)16(18(20)22-2)15-13-9-5-3-7-11(13)12-8-4-6-10-14(12)15/h3-14H,1-2H3;3-10H,1-2H3;3-14H,1-2H3;3-10H,1-2H3. The molecule has 0 bridgehead atoms. The number of benzene rings is 4. The van der Waals surface area contributed by atoms with Crippen molar-refractivity contribution in [2.24, 2.45) is 35.5 Å². The van der Waals surface area contributed by atoms with Crippen molar-refractivity contribution in [2.45, 2.75) is 10.5 Å². The van der Waals surface area contributed by atoms with Crippen LogP contribution in [0.15, 0.2) is 228 Å². The van der Waals surface area contributed by atoms with Gasteiger partial charge in [0.2, 0.25) is 0 Å². The van der Waals surface area contributed by atoms with Crippen LogP contribution in [0.2, 0.25) is 0 Å². The van der Waals surface area contributed by atoms with E-state index in [0.29, 0.717) is 32.7 Å². The summed E-state index contributed by atoms with van der Waals surface area (Å²) in [5, 5.41) is 0.383. The normalized spacial score (nSPS) is 21.0. The van der Waals surface area contributed by atoms with Crippen molar-refractivity contribution in [3.05, 3.63) is 261 Å². The number of carbonyl (C=O) groups is 9. The van der Waals surface area contributed by atoms with Gasteiger partial charge in [-0.25, -0.2) is 38.4 Å². The number of methoxy groups -OCH3 is 8. The van der Waals surface area contributed by atoms with Crippen LogP contribution < -0.4 is 0 Å². The Morgan fingerprint density at radius 1 is 0.301 bits per heavy atom. The second-order valence-corrected chi connectivity index (χ2v) is 23.1. The number of ketones is 1. The minimum Gasteiger partial charge on any atom is -0.465 e. The van der Waals surface area contributed by atoms with Crippen LogP contribution in [0.1, 0.15) is 33.4 Å². The minimum absolute atomic E-state index is 0.0180. The molecule has 2 fully saturated rings. The summed E-state index contributed by atoms with van der Waals surface area (Å²) in [6.45, 7) is 0. The van der Waals surface area contributed by atoms with Crippen LogP contribution in [0, 0.1) is 35.5 Å². The zero-order chi connectivity index (χ0) is 66.6. The molecular formula is C74H64O17S2. The molecule has 4 aromatic rings. The lowest BCUT2D eigenvalue weighted by Gasteiger charge is -2.41. The molecule has 8 atom stereocenters. The number of rotatable bonds is 8. The number of fused-ring (bicyclic) bond motifs is 9. The minimum atomic E-state index is -0.741. The molecule has 0 aromatic heterocycles. The molecule has 19 heteroatoms. The number of Topliss-reactive ketones (excluding diaryl/α,β-unsaturated/α-hetero) is 1. The largest absolute Gasteiger partial charge is 0.465 e. The number of allylic oxidation sites excluding steroid dienone is 16. The molecule has 8 aliphatic rings. The second-order valence-electron chi connectivity index (χ2n) is 21.3. The molecule has 1 saturated carbocycles. The van der Waals surface area contributed by atoms with Crippen molar-refractivity contribution in [3.8, 4) is 11.1 Å². The van der Waals surface area contributed by atoms with Gasteiger partial charge >= 0.3 is 47.8 Å². The van der Waals surface area contributed by atoms with Gasteiger partial charge in [0, 0.05) is 68.3 Å². The monoisotopic (exact) mass is 1290 g/mol. The van der Waals surface area contributed by atoms with Crippen LogP contribution in [-0.4, -0.2) is 126 Å². The van der Waals surface area contributed by atoms with E-state index in [1.807, 2.05) is 194 Å². The van der Waals surface area contributed by atoms with E-state index in [0.717, 1.165) is 39.0 Å². The third-order valence-electron chi connectivity index (χ3n) is 16.6. The molecule has 0 spiro atoms. The lowest BCUT2D eigenvalue weighted by atomic mass is 9.61. The molecule has 1 saturated heterocycles. The predicted molar refractivity (Wildman–Crippen MR) is 352 cm³/mol. The topological polar surface area (TPSA) is 227 Å². The number of esters is 8. The summed E-state index contributed by atoms with van der Waals surface area (Å²) in [7, 11) is 9.98. The van der Waals surface area contributed by atoms with Crippen molar-refractivity contribution in [1.29, 1.82) is 0 Å². The van der Waals surface area contributed by atoms with Crippen molar-refractivity contribution in [2.75, 3.05) is 56.9 Å². The molecule has 4 aromatic carbocycles. The molecule has 0 radical (unpaired) electrons. The van der Waals surface area contributed by atoms with E-state index in [1.165, 1.54) is 56.9 Å². The maximum atomic E-state index is 12.8. The van der Waals surface area contributed by atoms with E-state index in [9.17, 15) is 43.2 Å². The first kappa shape index (κ1) is 67.0. The highest BCUT2D eigenvalue weighted by Crippen LogP contribution is 2.51. The Labute approximate surface area is 546 Å². The summed E-state index contributed by atoms with van der Waals surface area (Å²) in [4.78, 5) is 112. The highest BCUT2D eigenvalue weighted by molar-refractivity contribution is 8.01. The highest BCUT2D eigenvalue weighted by atomic mass is 32.2. The Morgan fingerprint density at radius 3 is 0.828 bits per heavy atom. The second kappa shape index (κ2) is 30.2. The Morgan fingerprint density at radius 2 is 0.527 bits per heavy atom. The van der Waals surface area contributed by atoms with E-state index >= 15 is 0 Å². The summed E-state index contributed by atoms with van der Waals surface area (Å²) in [6.07, 6.45) is 30.9. The van der Waals surface area contributed by atoms with Gasteiger partial charge in [-0.1, -0.05) is 206 Å². The van der Waals surface area contributed by atoms with E-state index in [4.69, 9.17) is 50.1 Å². The van der Waals surface area contributed by atoms with Gasteiger partial charge in [-0.05, 0) is 44.5 Å². The third kappa shape index (κ3) is 13.3. The van der Waals surface area contributed by atoms with Gasteiger partial charge < -0.3 is 37.9 Å². The van der Waals surface area contributed by atoms with Gasteiger partial charge in [0.25, 0.3) is 0 Å². The van der Waals surface area contributed by atoms with Crippen LogP contribution >= 0.6 is 24.0 Å². The van der Waals surface area contributed by atoms with Gasteiger partial charge in [0.05, 0.1) is 61.7 Å². The molecule has 8 unspecified atom stereocenters. The zero-order valence-electron chi connectivity index (χ0n) is 51.9. The summed E-state index contributed by atoms with van der Waals surface area (Å²) in [6, 6.07) is 30.1. The Balaban J connectivity index is 0.000000146. The summed E-state index contributed by atoms with van der Waals surface area (Å²) >= 11 is 7.43. The Hall–Kier alpha value is -10.4. The number of hydrogen-bond donors (Lipinski definition) is 0. The van der Waals surface area contributed by atoms with Crippen LogP contribution in [0.25, 0.3) is 22.3 Å². The molecule has 12 rings (SSSR count). The summed E-state index contributed by atoms with van der Waals surface area (Å²) in [5.74, 6) is -7.09. The molecule has 1 aliphatic heterocycles.